The van der Waals surface area contributed by atoms with Gasteiger partial charge in [-0.15, -0.1) is 0 Å². The Kier molecular flexibility index (Phi) is 21.8. The number of hydrogen-bond donors (Lipinski definition) is 2. The summed E-state index contributed by atoms with van der Waals surface area (Å²) in [5, 5.41) is 5.63. The number of benzene rings is 1. The van der Waals surface area contributed by atoms with Crippen LogP contribution >= 0.6 is 0 Å². The highest BCUT2D eigenvalue weighted by atomic mass is 16.6. The van der Waals surface area contributed by atoms with Crippen molar-refractivity contribution in [1.82, 2.24) is 10.6 Å². The normalized spacial score (nSPS) is 12.2. The third-order valence-electron chi connectivity index (χ3n) is 7.10. The summed E-state index contributed by atoms with van der Waals surface area (Å²) in [5.74, 6) is -0.548. The van der Waals surface area contributed by atoms with Crippen LogP contribution in [0.15, 0.2) is 42.5 Å². The Morgan fingerprint density at radius 1 is 0.791 bits per heavy atom. The average molecular weight is 601 g/mol. The lowest BCUT2D eigenvalue weighted by atomic mass is 10.1. The summed E-state index contributed by atoms with van der Waals surface area (Å²) in [6.07, 6.45) is 22.1. The lowest BCUT2D eigenvalue weighted by molar-refractivity contribution is -0.149. The van der Waals surface area contributed by atoms with E-state index in [1.807, 2.05) is 51.1 Å². The van der Waals surface area contributed by atoms with Crippen LogP contribution in [0.5, 0.6) is 0 Å². The van der Waals surface area contributed by atoms with Gasteiger partial charge in [-0.3, -0.25) is 4.79 Å². The molecule has 1 aromatic rings. The number of esters is 1. The van der Waals surface area contributed by atoms with E-state index in [-0.39, 0.29) is 12.5 Å². The van der Waals surface area contributed by atoms with Gasteiger partial charge in [-0.2, -0.15) is 0 Å². The molecule has 0 spiro atoms. The second-order valence-corrected chi connectivity index (χ2v) is 12.5. The van der Waals surface area contributed by atoms with Crippen LogP contribution in [0.4, 0.5) is 4.79 Å². The summed E-state index contributed by atoms with van der Waals surface area (Å²) in [7, 11) is 0. The fourth-order valence-electron chi connectivity index (χ4n) is 4.68. The van der Waals surface area contributed by atoms with Crippen molar-refractivity contribution in [1.29, 1.82) is 0 Å². The first-order valence-electron chi connectivity index (χ1n) is 16.8. The standard InChI is InChI=1S/C36H60N2O5/c1-5-6-7-8-9-10-11-12-13-14-15-16-17-18-22-28-33(39)38-32(34(40)42-30-31-25-20-19-21-26-31)27-23-24-29-37-35(41)43-36(2,3)4/h12-13,19-21,25-26,32H,5-11,14-18,22-24,27-30H2,1-4H3,(H,37,41)(H,38,39)/b13-12-/t32-/m0/s1. The Bertz CT molecular complexity index is 895. The molecule has 0 aliphatic carbocycles. The van der Waals surface area contributed by atoms with Crippen LogP contribution in [0.2, 0.25) is 0 Å². The molecule has 7 nitrogen and oxygen atoms in total. The van der Waals surface area contributed by atoms with E-state index < -0.39 is 23.7 Å². The second kappa shape index (κ2) is 24.6. The Balaban J connectivity index is 2.29. The predicted molar refractivity (Wildman–Crippen MR) is 176 cm³/mol. The molecule has 0 unspecified atom stereocenters. The minimum Gasteiger partial charge on any atom is -0.459 e. The van der Waals surface area contributed by atoms with Crippen molar-refractivity contribution < 1.29 is 23.9 Å². The number of amides is 2. The molecule has 1 rings (SSSR count). The number of hydrogen-bond acceptors (Lipinski definition) is 5. The summed E-state index contributed by atoms with van der Waals surface area (Å²) in [6, 6.07) is 8.80. The highest BCUT2D eigenvalue weighted by Gasteiger charge is 2.22. The smallest absolute Gasteiger partial charge is 0.407 e. The number of carbonyl (C=O) groups excluding carboxylic acids is 3. The predicted octanol–water partition coefficient (Wildman–Crippen LogP) is 8.95. The van der Waals surface area contributed by atoms with Crippen molar-refractivity contribution in [3.8, 4) is 0 Å². The summed E-state index contributed by atoms with van der Waals surface area (Å²) in [4.78, 5) is 37.4. The fourth-order valence-corrected chi connectivity index (χ4v) is 4.68. The van der Waals surface area contributed by atoms with Crippen LogP contribution < -0.4 is 10.6 Å². The van der Waals surface area contributed by atoms with Gasteiger partial charge in [0.1, 0.15) is 18.2 Å². The summed E-state index contributed by atoms with van der Waals surface area (Å²) >= 11 is 0. The summed E-state index contributed by atoms with van der Waals surface area (Å²) in [6.45, 7) is 8.31. The van der Waals surface area contributed by atoms with Crippen molar-refractivity contribution in [3.05, 3.63) is 48.0 Å². The van der Waals surface area contributed by atoms with Gasteiger partial charge >= 0.3 is 12.1 Å². The van der Waals surface area contributed by atoms with Crippen LogP contribution in [-0.2, 0) is 25.7 Å². The molecule has 0 saturated heterocycles. The van der Waals surface area contributed by atoms with Crippen LogP contribution in [0.1, 0.15) is 142 Å². The SMILES string of the molecule is CCCCCCCC/C=C\CCCCCCCC(=O)N[C@@H](CCCCNC(=O)OC(C)(C)C)C(=O)OCc1ccccc1. The molecule has 0 bridgehead atoms. The molecule has 1 atom stereocenters. The van der Waals surface area contributed by atoms with Gasteiger partial charge in [-0.05, 0) is 77.7 Å². The van der Waals surface area contributed by atoms with Crippen molar-refractivity contribution in [3.63, 3.8) is 0 Å². The van der Waals surface area contributed by atoms with Crippen molar-refractivity contribution >= 4 is 18.0 Å². The number of nitrogens with one attached hydrogen (secondary N) is 2. The van der Waals surface area contributed by atoms with Gasteiger partial charge in [-0.25, -0.2) is 9.59 Å². The van der Waals surface area contributed by atoms with Gasteiger partial charge in [0.25, 0.3) is 0 Å². The molecule has 0 heterocycles. The third-order valence-corrected chi connectivity index (χ3v) is 7.10. The zero-order valence-electron chi connectivity index (χ0n) is 27.6. The zero-order valence-corrected chi connectivity index (χ0v) is 27.6. The van der Waals surface area contributed by atoms with E-state index in [4.69, 9.17) is 9.47 Å². The summed E-state index contributed by atoms with van der Waals surface area (Å²) in [5.41, 5.74) is 0.349. The Hall–Kier alpha value is -2.83. The lowest BCUT2D eigenvalue weighted by Gasteiger charge is -2.20. The van der Waals surface area contributed by atoms with Crippen molar-refractivity contribution in [2.24, 2.45) is 0 Å². The fraction of sp³-hybridized carbons (Fsp3) is 0.694. The van der Waals surface area contributed by atoms with Crippen LogP contribution in [0.3, 0.4) is 0 Å². The maximum Gasteiger partial charge on any atom is 0.407 e. The van der Waals surface area contributed by atoms with E-state index in [9.17, 15) is 14.4 Å². The van der Waals surface area contributed by atoms with Crippen molar-refractivity contribution in [2.45, 2.75) is 155 Å². The first-order valence-corrected chi connectivity index (χ1v) is 16.8. The van der Waals surface area contributed by atoms with E-state index >= 15 is 0 Å². The monoisotopic (exact) mass is 600 g/mol. The van der Waals surface area contributed by atoms with Gasteiger partial charge in [0, 0.05) is 13.0 Å². The molecule has 244 valence electrons. The van der Waals surface area contributed by atoms with Gasteiger partial charge in [0.15, 0.2) is 0 Å². The van der Waals surface area contributed by atoms with Crippen molar-refractivity contribution in [2.75, 3.05) is 6.54 Å². The van der Waals surface area contributed by atoms with E-state index in [2.05, 4.69) is 29.7 Å². The maximum atomic E-state index is 12.9. The first kappa shape index (κ1) is 38.2. The number of rotatable bonds is 24. The Morgan fingerprint density at radius 3 is 2.02 bits per heavy atom. The zero-order chi connectivity index (χ0) is 31.6. The molecule has 0 fully saturated rings. The Morgan fingerprint density at radius 2 is 1.40 bits per heavy atom. The Labute approximate surface area is 262 Å². The number of ether oxygens (including phenoxy) is 2. The molecular formula is C36H60N2O5. The third kappa shape index (κ3) is 23.3. The number of carbonyl (C=O) groups is 3. The maximum absolute atomic E-state index is 12.9. The molecule has 0 saturated carbocycles. The highest BCUT2D eigenvalue weighted by molar-refractivity contribution is 5.84. The molecule has 0 aliphatic rings. The van der Waals surface area contributed by atoms with Gasteiger partial charge in [0.2, 0.25) is 5.91 Å². The molecule has 2 amide bonds. The van der Waals surface area contributed by atoms with Crippen LogP contribution in [-0.4, -0.2) is 36.2 Å². The molecule has 43 heavy (non-hydrogen) atoms. The molecule has 2 N–H and O–H groups in total. The molecular weight excluding hydrogens is 540 g/mol. The van der Waals surface area contributed by atoms with E-state index in [1.54, 1.807) is 0 Å². The minimum absolute atomic E-state index is 0.119. The number of unbranched alkanes of at least 4 members (excludes halogenated alkanes) is 12. The van der Waals surface area contributed by atoms with Gasteiger partial charge < -0.3 is 20.1 Å². The molecule has 0 radical (unpaired) electrons. The van der Waals surface area contributed by atoms with Gasteiger partial charge in [0.05, 0.1) is 0 Å². The average Bonchev–Trinajstić information content (AvgIpc) is 2.96. The second-order valence-electron chi connectivity index (χ2n) is 12.5. The number of allylic oxidation sites excluding steroid dienone is 2. The minimum atomic E-state index is -0.708. The topological polar surface area (TPSA) is 93.7 Å². The molecule has 1 aromatic carbocycles. The summed E-state index contributed by atoms with van der Waals surface area (Å²) < 4.78 is 10.8. The van der Waals surface area contributed by atoms with Gasteiger partial charge in [-0.1, -0.05) is 101 Å². The number of alkyl carbamates (subject to hydrolysis) is 1. The van der Waals surface area contributed by atoms with E-state index in [1.165, 1.54) is 57.8 Å². The largest absolute Gasteiger partial charge is 0.459 e. The van der Waals surface area contributed by atoms with Crippen LogP contribution in [0, 0.1) is 0 Å². The quantitative estimate of drug-likeness (QED) is 0.0702. The first-order chi connectivity index (χ1) is 20.7. The van der Waals surface area contributed by atoms with E-state index in [0.29, 0.717) is 32.2 Å². The molecule has 0 aliphatic heterocycles. The molecule has 0 aromatic heterocycles. The van der Waals surface area contributed by atoms with E-state index in [0.717, 1.165) is 31.2 Å². The van der Waals surface area contributed by atoms with Crippen LogP contribution in [0.25, 0.3) is 0 Å². The lowest BCUT2D eigenvalue weighted by Crippen LogP contribution is -2.41. The highest BCUT2D eigenvalue weighted by Crippen LogP contribution is 2.12. The molecule has 7 heteroatoms.